The maximum Gasteiger partial charge on any atom is 0.0672 e. The summed E-state index contributed by atoms with van der Waals surface area (Å²) in [7, 11) is 0. The molecule has 1 aromatic carbocycles. The van der Waals surface area contributed by atoms with Crippen LogP contribution in [0, 0.1) is 13.8 Å². The fourth-order valence-corrected chi connectivity index (χ4v) is 1.87. The summed E-state index contributed by atoms with van der Waals surface area (Å²) >= 11 is 0. The van der Waals surface area contributed by atoms with Crippen molar-refractivity contribution < 1.29 is 0 Å². The summed E-state index contributed by atoms with van der Waals surface area (Å²) in [5, 5.41) is 4.45. The number of benzene rings is 1. The van der Waals surface area contributed by atoms with Gasteiger partial charge in [0.25, 0.3) is 0 Å². The Kier molecular flexibility index (Phi) is 2.69. The Morgan fingerprint density at radius 1 is 1.25 bits per heavy atom. The smallest absolute Gasteiger partial charge is 0.0672 e. The zero-order valence-corrected chi connectivity index (χ0v) is 9.99. The second kappa shape index (κ2) is 4.00. The molecule has 16 heavy (non-hydrogen) atoms. The van der Waals surface area contributed by atoms with E-state index >= 15 is 0 Å². The molecule has 84 valence electrons. The molecule has 0 saturated heterocycles. The molecule has 0 saturated carbocycles. The van der Waals surface area contributed by atoms with Crippen molar-refractivity contribution in [2.45, 2.75) is 27.3 Å². The second-order valence-electron chi connectivity index (χ2n) is 4.06. The maximum atomic E-state index is 5.83. The highest BCUT2D eigenvalue weighted by Crippen LogP contribution is 2.27. The Morgan fingerprint density at radius 3 is 2.62 bits per heavy atom. The van der Waals surface area contributed by atoms with Crippen LogP contribution in [-0.2, 0) is 6.54 Å². The monoisotopic (exact) mass is 215 g/mol. The van der Waals surface area contributed by atoms with Crippen molar-refractivity contribution in [2.75, 3.05) is 5.73 Å². The molecular weight excluding hydrogens is 198 g/mol. The van der Waals surface area contributed by atoms with Gasteiger partial charge in [0.1, 0.15) is 0 Å². The largest absolute Gasteiger partial charge is 0.399 e. The van der Waals surface area contributed by atoms with Gasteiger partial charge in [-0.2, -0.15) is 5.10 Å². The highest BCUT2D eigenvalue weighted by molar-refractivity contribution is 5.72. The minimum atomic E-state index is 0.796. The van der Waals surface area contributed by atoms with Crippen molar-refractivity contribution in [1.29, 1.82) is 0 Å². The number of nitrogens with zero attached hydrogens (tertiary/aromatic N) is 2. The topological polar surface area (TPSA) is 43.8 Å². The third kappa shape index (κ3) is 1.81. The fourth-order valence-electron chi connectivity index (χ4n) is 1.87. The van der Waals surface area contributed by atoms with E-state index in [-0.39, 0.29) is 0 Å². The highest BCUT2D eigenvalue weighted by Gasteiger charge is 2.09. The zero-order chi connectivity index (χ0) is 11.7. The van der Waals surface area contributed by atoms with Crippen molar-refractivity contribution in [3.8, 4) is 11.1 Å². The van der Waals surface area contributed by atoms with Crippen LogP contribution in [0.1, 0.15) is 18.2 Å². The molecule has 3 nitrogen and oxygen atoms in total. The lowest BCUT2D eigenvalue weighted by Crippen LogP contribution is -1.93. The average molecular weight is 215 g/mol. The van der Waals surface area contributed by atoms with E-state index in [4.69, 9.17) is 5.73 Å². The standard InChI is InChI=1S/C13H17N3/c1-4-16-8-13(10(3)15-16)12-7-11(14)6-5-9(12)2/h5-8H,4,14H2,1-3H3. The zero-order valence-electron chi connectivity index (χ0n) is 9.99. The Morgan fingerprint density at radius 2 is 2.00 bits per heavy atom. The van der Waals surface area contributed by atoms with Crippen molar-refractivity contribution in [2.24, 2.45) is 0 Å². The van der Waals surface area contributed by atoms with Gasteiger partial charge in [-0.15, -0.1) is 0 Å². The van der Waals surface area contributed by atoms with Crippen LogP contribution in [0.5, 0.6) is 0 Å². The van der Waals surface area contributed by atoms with Crippen LogP contribution >= 0.6 is 0 Å². The molecule has 0 fully saturated rings. The Labute approximate surface area is 95.9 Å². The van der Waals surface area contributed by atoms with Gasteiger partial charge in [0, 0.05) is 24.0 Å². The lowest BCUT2D eigenvalue weighted by Gasteiger charge is -2.05. The molecule has 0 amide bonds. The predicted octanol–water partition coefficient (Wildman–Crippen LogP) is 2.77. The summed E-state index contributed by atoms with van der Waals surface area (Å²) in [5.41, 5.74) is 11.3. The molecule has 0 radical (unpaired) electrons. The first-order valence-electron chi connectivity index (χ1n) is 5.52. The summed E-state index contributed by atoms with van der Waals surface area (Å²) in [4.78, 5) is 0. The van der Waals surface area contributed by atoms with Crippen molar-refractivity contribution in [3.63, 3.8) is 0 Å². The van der Waals surface area contributed by atoms with Crippen molar-refractivity contribution >= 4 is 5.69 Å². The summed E-state index contributed by atoms with van der Waals surface area (Å²) in [6.07, 6.45) is 2.08. The number of aromatic nitrogens is 2. The first-order chi connectivity index (χ1) is 7.61. The third-order valence-corrected chi connectivity index (χ3v) is 2.82. The fraction of sp³-hybridized carbons (Fsp3) is 0.308. The van der Waals surface area contributed by atoms with E-state index in [1.165, 1.54) is 16.7 Å². The van der Waals surface area contributed by atoms with Crippen LogP contribution in [0.4, 0.5) is 5.69 Å². The second-order valence-corrected chi connectivity index (χ2v) is 4.06. The lowest BCUT2D eigenvalue weighted by molar-refractivity contribution is 0.653. The predicted molar refractivity (Wildman–Crippen MR) is 67.2 cm³/mol. The van der Waals surface area contributed by atoms with E-state index in [2.05, 4.69) is 25.1 Å². The summed E-state index contributed by atoms with van der Waals surface area (Å²) in [6.45, 7) is 7.10. The SMILES string of the molecule is CCn1cc(-c2cc(N)ccc2C)c(C)n1. The van der Waals surface area contributed by atoms with Crippen LogP contribution in [0.2, 0.25) is 0 Å². The summed E-state index contributed by atoms with van der Waals surface area (Å²) in [5.74, 6) is 0. The van der Waals surface area contributed by atoms with Crippen LogP contribution in [-0.4, -0.2) is 9.78 Å². The molecule has 0 unspecified atom stereocenters. The number of aryl methyl sites for hydroxylation is 3. The molecule has 0 aliphatic carbocycles. The van der Waals surface area contributed by atoms with Gasteiger partial charge in [0.15, 0.2) is 0 Å². The number of anilines is 1. The van der Waals surface area contributed by atoms with Gasteiger partial charge in [-0.3, -0.25) is 4.68 Å². The molecule has 2 N–H and O–H groups in total. The summed E-state index contributed by atoms with van der Waals surface area (Å²) < 4.78 is 1.95. The molecule has 0 bridgehead atoms. The van der Waals surface area contributed by atoms with Gasteiger partial charge in [-0.1, -0.05) is 6.07 Å². The molecule has 0 atom stereocenters. The number of nitrogens with two attached hydrogens (primary N) is 1. The lowest BCUT2D eigenvalue weighted by atomic mass is 10.0. The van der Waals surface area contributed by atoms with Crippen LogP contribution in [0.25, 0.3) is 11.1 Å². The van der Waals surface area contributed by atoms with Crippen molar-refractivity contribution in [3.05, 3.63) is 35.7 Å². The number of rotatable bonds is 2. The summed E-state index contributed by atoms with van der Waals surface area (Å²) in [6, 6.07) is 5.99. The average Bonchev–Trinajstić information content (AvgIpc) is 2.63. The van der Waals surface area contributed by atoms with Gasteiger partial charge in [0.2, 0.25) is 0 Å². The van der Waals surface area contributed by atoms with E-state index in [0.29, 0.717) is 0 Å². The van der Waals surface area contributed by atoms with Gasteiger partial charge < -0.3 is 5.73 Å². The van der Waals surface area contributed by atoms with Crippen molar-refractivity contribution in [1.82, 2.24) is 9.78 Å². The molecule has 0 aliphatic rings. The Balaban J connectivity index is 2.57. The molecule has 0 spiro atoms. The van der Waals surface area contributed by atoms with Gasteiger partial charge >= 0.3 is 0 Å². The molecule has 2 rings (SSSR count). The third-order valence-electron chi connectivity index (χ3n) is 2.82. The number of hydrogen-bond donors (Lipinski definition) is 1. The minimum Gasteiger partial charge on any atom is -0.399 e. The molecule has 0 aliphatic heterocycles. The van der Waals surface area contributed by atoms with Crippen LogP contribution < -0.4 is 5.73 Å². The van der Waals surface area contributed by atoms with E-state index in [1.807, 2.05) is 29.8 Å². The normalized spacial score (nSPS) is 10.7. The highest BCUT2D eigenvalue weighted by atomic mass is 15.3. The molecule has 1 heterocycles. The first-order valence-corrected chi connectivity index (χ1v) is 5.52. The molecular formula is C13H17N3. The molecule has 1 aromatic heterocycles. The van der Waals surface area contributed by atoms with E-state index in [1.54, 1.807) is 0 Å². The van der Waals surface area contributed by atoms with Crippen LogP contribution in [0.15, 0.2) is 24.4 Å². The molecule has 2 aromatic rings. The first kappa shape index (κ1) is 10.7. The Hall–Kier alpha value is -1.77. The maximum absolute atomic E-state index is 5.83. The van der Waals surface area contributed by atoms with E-state index < -0.39 is 0 Å². The number of hydrogen-bond acceptors (Lipinski definition) is 2. The van der Waals surface area contributed by atoms with Gasteiger partial charge in [-0.25, -0.2) is 0 Å². The quantitative estimate of drug-likeness (QED) is 0.783. The van der Waals surface area contributed by atoms with E-state index in [0.717, 1.165) is 17.9 Å². The van der Waals surface area contributed by atoms with Gasteiger partial charge in [-0.05, 0) is 44.0 Å². The number of nitrogen functional groups attached to an aromatic ring is 1. The van der Waals surface area contributed by atoms with Gasteiger partial charge in [0.05, 0.1) is 5.69 Å². The minimum absolute atomic E-state index is 0.796. The Bertz CT molecular complexity index is 512. The molecule has 3 heteroatoms. The van der Waals surface area contributed by atoms with E-state index in [9.17, 15) is 0 Å². The van der Waals surface area contributed by atoms with Crippen LogP contribution in [0.3, 0.4) is 0 Å².